The monoisotopic (exact) mass is 298 g/mol. The maximum Gasteiger partial charge on any atom is 0.449 e. The van der Waals surface area contributed by atoms with Crippen molar-refractivity contribution in [2.75, 3.05) is 0 Å². The van der Waals surface area contributed by atoms with E-state index in [1.807, 2.05) is 6.92 Å². The van der Waals surface area contributed by atoms with Gasteiger partial charge in [-0.3, -0.25) is 0 Å². The van der Waals surface area contributed by atoms with Crippen LogP contribution >= 0.6 is 0 Å². The Kier molecular flexibility index (Phi) is 2.96. The topological polar surface area (TPSA) is 55.1 Å². The van der Waals surface area contributed by atoms with Crippen LogP contribution in [0.15, 0.2) is 18.2 Å². The van der Waals surface area contributed by atoms with E-state index in [9.17, 15) is 23.1 Å². The predicted octanol–water partition coefficient (Wildman–Crippen LogP) is 3.41. The second-order valence-electron chi connectivity index (χ2n) is 5.50. The summed E-state index contributed by atoms with van der Waals surface area (Å²) in [5.74, 6) is -1.77. The maximum absolute atomic E-state index is 13.2. The third kappa shape index (κ3) is 2.36. The Morgan fingerprint density at radius 2 is 2.14 bits per heavy atom. The third-order valence-corrected chi connectivity index (χ3v) is 3.94. The van der Waals surface area contributed by atoms with Crippen molar-refractivity contribution in [3.05, 3.63) is 29.6 Å². The number of carboxylic acids is 1. The molecular formula is C14H13F3N2O2. The average Bonchev–Trinajstić information content (AvgIpc) is 2.93. The molecule has 1 heterocycles. The summed E-state index contributed by atoms with van der Waals surface area (Å²) in [4.78, 5) is 14.9. The fourth-order valence-electron chi connectivity index (χ4n) is 2.64. The molecule has 1 saturated carbocycles. The van der Waals surface area contributed by atoms with Crippen LogP contribution in [0.3, 0.4) is 0 Å². The van der Waals surface area contributed by atoms with E-state index < -0.39 is 18.0 Å². The highest BCUT2D eigenvalue weighted by Gasteiger charge is 2.41. The minimum Gasteiger partial charge on any atom is -0.478 e. The van der Waals surface area contributed by atoms with Gasteiger partial charge in [-0.1, -0.05) is 13.0 Å². The van der Waals surface area contributed by atoms with Crippen LogP contribution in [0.25, 0.3) is 11.0 Å². The summed E-state index contributed by atoms with van der Waals surface area (Å²) < 4.78 is 40.5. The molecule has 0 saturated heterocycles. The van der Waals surface area contributed by atoms with Gasteiger partial charge in [-0.25, -0.2) is 9.78 Å². The van der Waals surface area contributed by atoms with Crippen molar-refractivity contribution in [2.45, 2.75) is 26.1 Å². The van der Waals surface area contributed by atoms with Crippen LogP contribution in [-0.4, -0.2) is 20.6 Å². The number of alkyl halides is 3. The number of aromatic nitrogens is 2. The first-order chi connectivity index (χ1) is 9.79. The highest BCUT2D eigenvalue weighted by atomic mass is 19.4. The fraction of sp³-hybridized carbons (Fsp3) is 0.429. The molecule has 1 aliphatic rings. The second kappa shape index (κ2) is 4.47. The molecule has 0 aliphatic heterocycles. The van der Waals surface area contributed by atoms with Crippen molar-refractivity contribution in [3.63, 3.8) is 0 Å². The Morgan fingerprint density at radius 1 is 1.48 bits per heavy atom. The lowest BCUT2D eigenvalue weighted by molar-refractivity contribution is -0.147. The minimum absolute atomic E-state index is 0.0522. The van der Waals surface area contributed by atoms with Gasteiger partial charge in [0.2, 0.25) is 5.82 Å². The molecule has 1 aromatic heterocycles. The van der Waals surface area contributed by atoms with Crippen molar-refractivity contribution in [2.24, 2.45) is 11.8 Å². The molecule has 1 aliphatic carbocycles. The summed E-state index contributed by atoms with van der Waals surface area (Å²) in [6.45, 7) is 2.12. The van der Waals surface area contributed by atoms with Crippen LogP contribution in [-0.2, 0) is 12.7 Å². The number of hydrogen-bond donors (Lipinski definition) is 1. The SMILES string of the molecule is CC1CC1Cn1c(C(F)(F)F)nc2cccc(C(=O)O)c21. The van der Waals surface area contributed by atoms with E-state index in [1.165, 1.54) is 18.2 Å². The summed E-state index contributed by atoms with van der Waals surface area (Å²) in [6.07, 6.45) is -3.75. The minimum atomic E-state index is -4.60. The Labute approximate surface area is 118 Å². The largest absolute Gasteiger partial charge is 0.478 e. The van der Waals surface area contributed by atoms with Gasteiger partial charge in [0.05, 0.1) is 16.6 Å². The Bertz CT molecular complexity index is 721. The number of nitrogens with zero attached hydrogens (tertiary/aromatic N) is 2. The van der Waals surface area contributed by atoms with Gasteiger partial charge in [-0.05, 0) is 30.4 Å². The molecule has 2 atom stereocenters. The van der Waals surface area contributed by atoms with Crippen LogP contribution < -0.4 is 0 Å². The average molecular weight is 298 g/mol. The summed E-state index contributed by atoms with van der Waals surface area (Å²) in [7, 11) is 0. The second-order valence-corrected chi connectivity index (χ2v) is 5.50. The van der Waals surface area contributed by atoms with Crippen LogP contribution in [0.1, 0.15) is 29.5 Å². The highest BCUT2D eigenvalue weighted by molar-refractivity contribution is 6.01. The molecule has 0 radical (unpaired) electrons. The quantitative estimate of drug-likeness (QED) is 0.944. The first-order valence-corrected chi connectivity index (χ1v) is 6.58. The predicted molar refractivity (Wildman–Crippen MR) is 69.0 cm³/mol. The van der Waals surface area contributed by atoms with Crippen molar-refractivity contribution < 1.29 is 23.1 Å². The standard InChI is InChI=1S/C14H13F3N2O2/c1-7-5-8(7)6-19-11-9(12(20)21)3-2-4-10(11)18-13(19)14(15,16)17/h2-4,7-8H,5-6H2,1H3,(H,20,21). The maximum atomic E-state index is 13.2. The van der Waals surface area contributed by atoms with Gasteiger partial charge in [-0.2, -0.15) is 13.2 Å². The van der Waals surface area contributed by atoms with Gasteiger partial charge in [0, 0.05) is 6.54 Å². The molecule has 1 N–H and O–H groups in total. The molecule has 0 amide bonds. The fourth-order valence-corrected chi connectivity index (χ4v) is 2.64. The van der Waals surface area contributed by atoms with Gasteiger partial charge < -0.3 is 9.67 Å². The van der Waals surface area contributed by atoms with Crippen molar-refractivity contribution in [1.29, 1.82) is 0 Å². The molecule has 0 spiro atoms. The van der Waals surface area contributed by atoms with Crippen LogP contribution in [0.5, 0.6) is 0 Å². The molecule has 1 fully saturated rings. The number of carboxylic acid groups (broad SMARTS) is 1. The first-order valence-electron chi connectivity index (χ1n) is 6.58. The molecule has 2 unspecified atom stereocenters. The zero-order valence-corrected chi connectivity index (χ0v) is 11.2. The Morgan fingerprint density at radius 3 is 2.67 bits per heavy atom. The number of halogens is 3. The number of imidazole rings is 1. The van der Waals surface area contributed by atoms with Crippen molar-refractivity contribution in [1.82, 2.24) is 9.55 Å². The lowest BCUT2D eigenvalue weighted by Gasteiger charge is -2.12. The summed E-state index contributed by atoms with van der Waals surface area (Å²) in [5, 5.41) is 9.20. The molecule has 0 bridgehead atoms. The lowest BCUT2D eigenvalue weighted by atomic mass is 10.2. The van der Waals surface area contributed by atoms with Gasteiger partial charge in [0.25, 0.3) is 0 Å². The number of fused-ring (bicyclic) bond motifs is 1. The summed E-state index contributed by atoms with van der Waals surface area (Å²) in [6, 6.07) is 4.12. The first kappa shape index (κ1) is 13.9. The lowest BCUT2D eigenvalue weighted by Crippen LogP contribution is -2.17. The van der Waals surface area contributed by atoms with Crippen LogP contribution in [0.4, 0.5) is 13.2 Å². The van der Waals surface area contributed by atoms with Gasteiger partial charge in [-0.15, -0.1) is 0 Å². The van der Waals surface area contributed by atoms with E-state index in [-0.39, 0.29) is 29.1 Å². The molecule has 2 aromatic rings. The Balaban J connectivity index is 2.24. The molecule has 21 heavy (non-hydrogen) atoms. The van der Waals surface area contributed by atoms with E-state index in [0.29, 0.717) is 5.92 Å². The summed E-state index contributed by atoms with van der Waals surface area (Å²) in [5.41, 5.74) is -0.0317. The van der Waals surface area contributed by atoms with Crippen LogP contribution in [0, 0.1) is 11.8 Å². The zero-order valence-electron chi connectivity index (χ0n) is 11.2. The number of aromatic carboxylic acids is 1. The van der Waals surface area contributed by atoms with Crippen molar-refractivity contribution in [3.8, 4) is 0 Å². The van der Waals surface area contributed by atoms with E-state index in [4.69, 9.17) is 0 Å². The molecule has 7 heteroatoms. The molecule has 3 rings (SSSR count). The molecule has 112 valence electrons. The van der Waals surface area contributed by atoms with Crippen LogP contribution in [0.2, 0.25) is 0 Å². The third-order valence-electron chi connectivity index (χ3n) is 3.94. The molecule has 1 aromatic carbocycles. The number of rotatable bonds is 3. The smallest absolute Gasteiger partial charge is 0.449 e. The summed E-state index contributed by atoms with van der Waals surface area (Å²) >= 11 is 0. The molecular weight excluding hydrogens is 285 g/mol. The number of para-hydroxylation sites is 1. The number of hydrogen-bond acceptors (Lipinski definition) is 2. The highest BCUT2D eigenvalue weighted by Crippen LogP contribution is 2.41. The van der Waals surface area contributed by atoms with Crippen molar-refractivity contribution >= 4 is 17.0 Å². The number of carbonyl (C=O) groups is 1. The van der Waals surface area contributed by atoms with Gasteiger partial charge in [0.1, 0.15) is 0 Å². The zero-order chi connectivity index (χ0) is 15.4. The van der Waals surface area contributed by atoms with E-state index in [0.717, 1.165) is 11.0 Å². The van der Waals surface area contributed by atoms with E-state index >= 15 is 0 Å². The van der Waals surface area contributed by atoms with Gasteiger partial charge in [0.15, 0.2) is 0 Å². The van der Waals surface area contributed by atoms with E-state index in [1.54, 1.807) is 0 Å². The molecule has 4 nitrogen and oxygen atoms in total. The number of benzene rings is 1. The van der Waals surface area contributed by atoms with E-state index in [2.05, 4.69) is 4.98 Å². The normalized spacial score (nSPS) is 21.7. The van der Waals surface area contributed by atoms with Gasteiger partial charge >= 0.3 is 12.1 Å². The Hall–Kier alpha value is -2.05.